The number of hydrogen-bond acceptors (Lipinski definition) is 2. The number of nitrogens with one attached hydrogen (secondary N) is 1. The van der Waals surface area contributed by atoms with Crippen LogP contribution in [0.1, 0.15) is 57.8 Å². The molecule has 3 nitrogen and oxygen atoms in total. The summed E-state index contributed by atoms with van der Waals surface area (Å²) in [5.74, 6) is 2.01. The van der Waals surface area contributed by atoms with E-state index in [0.717, 1.165) is 44.3 Å². The first-order chi connectivity index (χ1) is 9.29. The van der Waals surface area contributed by atoms with Crippen LogP contribution in [-0.2, 0) is 4.79 Å². The fourth-order valence-corrected chi connectivity index (χ4v) is 3.64. The van der Waals surface area contributed by atoms with Crippen LogP contribution >= 0.6 is 0 Å². The first-order valence-corrected chi connectivity index (χ1v) is 8.22. The summed E-state index contributed by atoms with van der Waals surface area (Å²) in [5, 5.41) is 3.25. The molecule has 110 valence electrons. The maximum atomic E-state index is 12.2. The van der Waals surface area contributed by atoms with Crippen molar-refractivity contribution in [2.24, 2.45) is 11.8 Å². The molecule has 3 heteroatoms. The molecule has 0 bridgehead atoms. The molecule has 1 heterocycles. The standard InChI is InChI=1S/C16H30N2O/c1-17-13-15-9-11-18(12-10-15)16(19)8-7-14-5-3-2-4-6-14/h14-15,17H,2-13H2,1H3. The maximum Gasteiger partial charge on any atom is 0.222 e. The number of carbonyl (C=O) groups is 1. The van der Waals surface area contributed by atoms with Gasteiger partial charge in [-0.25, -0.2) is 0 Å². The fourth-order valence-electron chi connectivity index (χ4n) is 3.64. The molecule has 2 rings (SSSR count). The zero-order valence-electron chi connectivity index (χ0n) is 12.5. The van der Waals surface area contributed by atoms with Crippen LogP contribution in [0.3, 0.4) is 0 Å². The van der Waals surface area contributed by atoms with Gasteiger partial charge in [0.05, 0.1) is 0 Å². The SMILES string of the molecule is CNCC1CCN(C(=O)CCC2CCCCC2)CC1. The van der Waals surface area contributed by atoms with Gasteiger partial charge in [0.25, 0.3) is 0 Å². The van der Waals surface area contributed by atoms with E-state index >= 15 is 0 Å². The molecule has 1 saturated carbocycles. The largest absolute Gasteiger partial charge is 0.343 e. The van der Waals surface area contributed by atoms with Gasteiger partial charge in [-0.1, -0.05) is 32.1 Å². The average Bonchev–Trinajstić information content (AvgIpc) is 2.47. The minimum atomic E-state index is 0.411. The average molecular weight is 266 g/mol. The molecule has 0 aromatic carbocycles. The highest BCUT2D eigenvalue weighted by molar-refractivity contribution is 5.76. The summed E-state index contributed by atoms with van der Waals surface area (Å²) in [6, 6.07) is 0. The Morgan fingerprint density at radius 2 is 1.74 bits per heavy atom. The lowest BCUT2D eigenvalue weighted by molar-refractivity contribution is -0.132. The number of nitrogens with zero attached hydrogens (tertiary/aromatic N) is 1. The van der Waals surface area contributed by atoms with E-state index in [1.54, 1.807) is 0 Å². The Morgan fingerprint density at radius 1 is 1.05 bits per heavy atom. The molecule has 1 amide bonds. The number of carbonyl (C=O) groups excluding carboxylic acids is 1. The van der Waals surface area contributed by atoms with Gasteiger partial charge < -0.3 is 10.2 Å². The van der Waals surface area contributed by atoms with Crippen molar-refractivity contribution >= 4 is 5.91 Å². The zero-order valence-corrected chi connectivity index (χ0v) is 12.5. The third-order valence-electron chi connectivity index (χ3n) is 4.95. The van der Waals surface area contributed by atoms with Crippen molar-refractivity contribution in [3.05, 3.63) is 0 Å². The Labute approximate surface area is 118 Å². The molecule has 2 aliphatic rings. The van der Waals surface area contributed by atoms with Crippen LogP contribution in [0.15, 0.2) is 0 Å². The van der Waals surface area contributed by atoms with Gasteiger partial charge in [0.1, 0.15) is 0 Å². The zero-order chi connectivity index (χ0) is 13.5. The normalized spacial score (nSPS) is 22.7. The summed E-state index contributed by atoms with van der Waals surface area (Å²) >= 11 is 0. The minimum Gasteiger partial charge on any atom is -0.343 e. The third kappa shape index (κ3) is 4.79. The summed E-state index contributed by atoms with van der Waals surface area (Å²) < 4.78 is 0. The molecule has 1 aliphatic carbocycles. The summed E-state index contributed by atoms with van der Waals surface area (Å²) in [7, 11) is 2.02. The van der Waals surface area contributed by atoms with E-state index in [1.165, 1.54) is 44.9 Å². The topological polar surface area (TPSA) is 32.3 Å². The molecule has 0 spiro atoms. The summed E-state index contributed by atoms with van der Waals surface area (Å²) in [6.45, 7) is 3.07. The molecule has 0 aromatic rings. The quantitative estimate of drug-likeness (QED) is 0.830. The van der Waals surface area contributed by atoms with Crippen LogP contribution in [0, 0.1) is 11.8 Å². The lowest BCUT2D eigenvalue weighted by Crippen LogP contribution is -2.40. The van der Waals surface area contributed by atoms with Crippen LogP contribution in [0.2, 0.25) is 0 Å². The number of rotatable bonds is 5. The second-order valence-electron chi connectivity index (χ2n) is 6.42. The third-order valence-corrected chi connectivity index (χ3v) is 4.95. The molecule has 0 aromatic heterocycles. The monoisotopic (exact) mass is 266 g/mol. The first kappa shape index (κ1) is 14.8. The molecule has 0 unspecified atom stereocenters. The molecule has 19 heavy (non-hydrogen) atoms. The van der Waals surface area contributed by atoms with E-state index in [1.807, 2.05) is 7.05 Å². The van der Waals surface area contributed by atoms with Crippen molar-refractivity contribution in [1.29, 1.82) is 0 Å². The molecule has 1 N–H and O–H groups in total. The van der Waals surface area contributed by atoms with Crippen LogP contribution in [0.5, 0.6) is 0 Å². The number of amides is 1. The summed E-state index contributed by atoms with van der Waals surface area (Å²) in [4.78, 5) is 14.3. The van der Waals surface area contributed by atoms with Crippen molar-refractivity contribution in [3.63, 3.8) is 0 Å². The summed E-state index contributed by atoms with van der Waals surface area (Å²) in [6.07, 6.45) is 11.2. The van der Waals surface area contributed by atoms with E-state index in [4.69, 9.17) is 0 Å². The van der Waals surface area contributed by atoms with Crippen molar-refractivity contribution in [3.8, 4) is 0 Å². The number of likely N-dealkylation sites (tertiary alicyclic amines) is 1. The lowest BCUT2D eigenvalue weighted by atomic mass is 9.86. The Hall–Kier alpha value is -0.570. The predicted octanol–water partition coefficient (Wildman–Crippen LogP) is 2.80. The predicted molar refractivity (Wildman–Crippen MR) is 79.0 cm³/mol. The van der Waals surface area contributed by atoms with Crippen molar-refractivity contribution in [1.82, 2.24) is 10.2 Å². The Bertz CT molecular complexity index is 266. The molecular weight excluding hydrogens is 236 g/mol. The Balaban J connectivity index is 1.63. The van der Waals surface area contributed by atoms with E-state index in [2.05, 4.69) is 10.2 Å². The second kappa shape index (κ2) is 7.88. The fraction of sp³-hybridized carbons (Fsp3) is 0.938. The van der Waals surface area contributed by atoms with Crippen molar-refractivity contribution in [2.75, 3.05) is 26.7 Å². The Morgan fingerprint density at radius 3 is 2.37 bits per heavy atom. The number of hydrogen-bond donors (Lipinski definition) is 1. The van der Waals surface area contributed by atoms with Gasteiger partial charge >= 0.3 is 0 Å². The highest BCUT2D eigenvalue weighted by Crippen LogP contribution is 2.27. The first-order valence-electron chi connectivity index (χ1n) is 8.22. The van der Waals surface area contributed by atoms with E-state index in [-0.39, 0.29) is 0 Å². The van der Waals surface area contributed by atoms with Crippen LogP contribution in [0.4, 0.5) is 0 Å². The molecule has 0 atom stereocenters. The Kier molecular flexibility index (Phi) is 6.15. The molecule has 1 aliphatic heterocycles. The highest BCUT2D eigenvalue weighted by Gasteiger charge is 2.23. The van der Waals surface area contributed by atoms with Gasteiger partial charge in [-0.3, -0.25) is 4.79 Å². The second-order valence-corrected chi connectivity index (χ2v) is 6.42. The van der Waals surface area contributed by atoms with Gasteiger partial charge in [0.2, 0.25) is 5.91 Å². The van der Waals surface area contributed by atoms with Crippen molar-refractivity contribution in [2.45, 2.75) is 57.8 Å². The highest BCUT2D eigenvalue weighted by atomic mass is 16.2. The van der Waals surface area contributed by atoms with E-state index < -0.39 is 0 Å². The molecule has 2 fully saturated rings. The minimum absolute atomic E-state index is 0.411. The smallest absolute Gasteiger partial charge is 0.222 e. The van der Waals surface area contributed by atoms with Gasteiger partial charge in [-0.2, -0.15) is 0 Å². The van der Waals surface area contributed by atoms with Crippen LogP contribution in [-0.4, -0.2) is 37.5 Å². The molecule has 1 saturated heterocycles. The van der Waals surface area contributed by atoms with E-state index in [9.17, 15) is 4.79 Å². The van der Waals surface area contributed by atoms with Gasteiger partial charge in [0.15, 0.2) is 0 Å². The molecular formula is C16H30N2O. The van der Waals surface area contributed by atoms with Crippen LogP contribution in [0.25, 0.3) is 0 Å². The lowest BCUT2D eigenvalue weighted by Gasteiger charge is -2.32. The van der Waals surface area contributed by atoms with Gasteiger partial charge in [0, 0.05) is 19.5 Å². The number of piperidine rings is 1. The van der Waals surface area contributed by atoms with Gasteiger partial charge in [-0.15, -0.1) is 0 Å². The van der Waals surface area contributed by atoms with E-state index in [0.29, 0.717) is 5.91 Å². The maximum absolute atomic E-state index is 12.2. The van der Waals surface area contributed by atoms with Crippen LogP contribution < -0.4 is 5.32 Å². The van der Waals surface area contributed by atoms with Crippen molar-refractivity contribution < 1.29 is 4.79 Å². The molecule has 0 radical (unpaired) electrons. The van der Waals surface area contributed by atoms with Gasteiger partial charge in [-0.05, 0) is 44.7 Å². The summed E-state index contributed by atoms with van der Waals surface area (Å²) in [5.41, 5.74) is 0.